The second kappa shape index (κ2) is 14.4. The Morgan fingerprint density at radius 3 is 1.89 bits per heavy atom. The third-order valence-corrected chi connectivity index (χ3v) is 6.56. The summed E-state index contributed by atoms with van der Waals surface area (Å²) in [7, 11) is 0. The number of nitrogens with zero attached hydrogens (tertiary/aromatic N) is 1. The van der Waals surface area contributed by atoms with E-state index in [1.54, 1.807) is 0 Å². The highest BCUT2D eigenvalue weighted by Gasteiger charge is 2.38. The first kappa shape index (κ1) is 24.5. The van der Waals surface area contributed by atoms with Crippen LogP contribution >= 0.6 is 0 Å². The van der Waals surface area contributed by atoms with Crippen LogP contribution in [-0.4, -0.2) is 37.0 Å². The van der Waals surface area contributed by atoms with Gasteiger partial charge in [0.15, 0.2) is 0 Å². The molecule has 0 unspecified atom stereocenters. The number of hydrogen-bond donors (Lipinski definition) is 1. The maximum atomic E-state index is 12.5. The summed E-state index contributed by atoms with van der Waals surface area (Å²) in [6.07, 6.45) is 17.4. The zero-order valence-electron chi connectivity index (χ0n) is 19.0. The highest BCUT2D eigenvalue weighted by molar-refractivity contribution is 5.82. The summed E-state index contributed by atoms with van der Waals surface area (Å²) in [5.41, 5.74) is -0.224. The molecule has 0 bridgehead atoms. The maximum Gasteiger partial charge on any atom is 0.225 e. The van der Waals surface area contributed by atoms with Crippen molar-refractivity contribution in [1.82, 2.24) is 10.2 Å². The quantitative estimate of drug-likeness (QED) is 0.344. The van der Waals surface area contributed by atoms with E-state index in [1.165, 1.54) is 96.7 Å². The van der Waals surface area contributed by atoms with Gasteiger partial charge in [0.1, 0.15) is 0 Å². The van der Waals surface area contributed by atoms with Gasteiger partial charge in [-0.25, -0.2) is 0 Å². The summed E-state index contributed by atoms with van der Waals surface area (Å²) >= 11 is 0. The van der Waals surface area contributed by atoms with Crippen molar-refractivity contribution in [2.24, 2.45) is 11.3 Å². The molecule has 1 fully saturated rings. The molecule has 1 amide bonds. The average molecular weight is 381 g/mol. The molecule has 0 aliphatic carbocycles. The third-order valence-electron chi connectivity index (χ3n) is 6.56. The topological polar surface area (TPSA) is 32.3 Å². The number of carbonyl (C=O) groups excluding carboxylic acids is 1. The van der Waals surface area contributed by atoms with Crippen LogP contribution in [0.2, 0.25) is 0 Å². The van der Waals surface area contributed by atoms with Gasteiger partial charge in [-0.15, -0.1) is 0 Å². The summed E-state index contributed by atoms with van der Waals surface area (Å²) in [6, 6.07) is 0. The normalized spacial score (nSPS) is 16.6. The van der Waals surface area contributed by atoms with E-state index in [1.807, 2.05) is 0 Å². The zero-order valence-corrected chi connectivity index (χ0v) is 19.0. The van der Waals surface area contributed by atoms with Crippen LogP contribution in [0.15, 0.2) is 0 Å². The second-order valence-corrected chi connectivity index (χ2v) is 9.28. The van der Waals surface area contributed by atoms with Crippen molar-refractivity contribution < 1.29 is 4.79 Å². The summed E-state index contributed by atoms with van der Waals surface area (Å²) in [4.78, 5) is 15.1. The summed E-state index contributed by atoms with van der Waals surface area (Å²) in [5.74, 6) is 0.774. The number of unbranched alkanes of at least 4 members (excludes halogenated alkanes) is 9. The molecule has 0 saturated carbocycles. The summed E-state index contributed by atoms with van der Waals surface area (Å²) in [5, 5.41) is 3.10. The molecule has 1 N–H and O–H groups in total. The highest BCUT2D eigenvalue weighted by atomic mass is 16.2. The number of amides is 1. The molecule has 0 radical (unpaired) electrons. The van der Waals surface area contributed by atoms with Gasteiger partial charge < -0.3 is 10.2 Å². The van der Waals surface area contributed by atoms with Gasteiger partial charge in [-0.1, -0.05) is 85.5 Å². The van der Waals surface area contributed by atoms with E-state index in [9.17, 15) is 4.79 Å². The molecule has 1 heterocycles. The first-order valence-electron chi connectivity index (χ1n) is 12.0. The molecule has 1 aliphatic heterocycles. The molecule has 0 aromatic heterocycles. The minimum absolute atomic E-state index is 0.224. The number of hydrogen-bond acceptors (Lipinski definition) is 2. The van der Waals surface area contributed by atoms with Crippen LogP contribution in [0.1, 0.15) is 111 Å². The number of likely N-dealkylation sites (tertiary alicyclic amines) is 1. The number of rotatable bonds is 15. The molecule has 1 rings (SSSR count). The zero-order chi connectivity index (χ0) is 20.0. The van der Waals surface area contributed by atoms with Crippen molar-refractivity contribution in [1.29, 1.82) is 0 Å². The highest BCUT2D eigenvalue weighted by Crippen LogP contribution is 2.35. The van der Waals surface area contributed by atoms with Gasteiger partial charge in [0.2, 0.25) is 5.91 Å². The maximum absolute atomic E-state index is 12.5. The fraction of sp³-hybridized carbons (Fsp3) is 0.958. The van der Waals surface area contributed by atoms with Gasteiger partial charge in [-0.05, 0) is 51.2 Å². The Balaban J connectivity index is 2.06. The molecule has 1 saturated heterocycles. The Morgan fingerprint density at radius 2 is 1.37 bits per heavy atom. The molecule has 3 nitrogen and oxygen atoms in total. The van der Waals surface area contributed by atoms with Gasteiger partial charge in [0.05, 0.1) is 0 Å². The number of nitrogens with one attached hydrogen (secondary N) is 1. The largest absolute Gasteiger partial charge is 0.356 e. The molecule has 0 aromatic carbocycles. The molecule has 3 heteroatoms. The van der Waals surface area contributed by atoms with E-state index in [-0.39, 0.29) is 11.3 Å². The lowest BCUT2D eigenvalue weighted by Crippen LogP contribution is -2.46. The molecule has 0 spiro atoms. The molecule has 1 aliphatic rings. The van der Waals surface area contributed by atoms with E-state index in [4.69, 9.17) is 0 Å². The fourth-order valence-electron chi connectivity index (χ4n) is 4.35. The lowest BCUT2D eigenvalue weighted by Gasteiger charge is -2.39. The van der Waals surface area contributed by atoms with Crippen molar-refractivity contribution in [3.05, 3.63) is 0 Å². The monoisotopic (exact) mass is 380 g/mol. The minimum atomic E-state index is -0.224. The number of piperidine rings is 1. The Bertz CT molecular complexity index is 373. The lowest BCUT2D eigenvalue weighted by atomic mass is 9.73. The lowest BCUT2D eigenvalue weighted by molar-refractivity contribution is -0.133. The Hall–Kier alpha value is -0.570. The Morgan fingerprint density at radius 1 is 0.852 bits per heavy atom. The van der Waals surface area contributed by atoms with Crippen LogP contribution in [-0.2, 0) is 4.79 Å². The molecule has 27 heavy (non-hydrogen) atoms. The summed E-state index contributed by atoms with van der Waals surface area (Å²) < 4.78 is 0. The van der Waals surface area contributed by atoms with Crippen molar-refractivity contribution in [2.75, 3.05) is 26.2 Å². The van der Waals surface area contributed by atoms with Gasteiger partial charge in [-0.3, -0.25) is 4.79 Å². The van der Waals surface area contributed by atoms with Crippen LogP contribution < -0.4 is 5.32 Å². The number of carbonyl (C=O) groups is 1. The summed E-state index contributed by atoms with van der Waals surface area (Å²) in [6.45, 7) is 13.1. The smallest absolute Gasteiger partial charge is 0.225 e. The van der Waals surface area contributed by atoms with Crippen LogP contribution in [0.25, 0.3) is 0 Å². The first-order valence-corrected chi connectivity index (χ1v) is 12.0. The van der Waals surface area contributed by atoms with E-state index in [0.29, 0.717) is 5.92 Å². The fourth-order valence-corrected chi connectivity index (χ4v) is 4.35. The minimum Gasteiger partial charge on any atom is -0.356 e. The van der Waals surface area contributed by atoms with Gasteiger partial charge in [0.25, 0.3) is 0 Å². The second-order valence-electron chi connectivity index (χ2n) is 9.28. The van der Waals surface area contributed by atoms with Crippen molar-refractivity contribution >= 4 is 5.91 Å². The molecule has 0 atom stereocenters. The van der Waals surface area contributed by atoms with Crippen molar-refractivity contribution in [3.63, 3.8) is 0 Å². The van der Waals surface area contributed by atoms with E-state index in [0.717, 1.165) is 13.0 Å². The van der Waals surface area contributed by atoms with Crippen molar-refractivity contribution in [3.8, 4) is 0 Å². The predicted molar refractivity (Wildman–Crippen MR) is 118 cm³/mol. The van der Waals surface area contributed by atoms with E-state index < -0.39 is 0 Å². The van der Waals surface area contributed by atoms with Gasteiger partial charge in [-0.2, -0.15) is 0 Å². The van der Waals surface area contributed by atoms with Crippen LogP contribution in [0.3, 0.4) is 0 Å². The molecular formula is C24H48N2O. The first-order chi connectivity index (χ1) is 13.0. The van der Waals surface area contributed by atoms with Gasteiger partial charge >= 0.3 is 0 Å². The molecule has 0 aromatic rings. The van der Waals surface area contributed by atoms with Crippen LogP contribution in [0.4, 0.5) is 0 Å². The molecule has 160 valence electrons. The van der Waals surface area contributed by atoms with Crippen LogP contribution in [0, 0.1) is 11.3 Å². The SMILES string of the molecule is CCCCCCCCCCCCN1CCC(C(C)(C)C(=O)NCCC)CC1. The standard InChI is InChI=1S/C24H48N2O/c1-5-7-8-9-10-11-12-13-14-15-19-26-20-16-22(17-21-26)24(3,4)23(27)25-18-6-2/h22H,5-21H2,1-4H3,(H,25,27). The van der Waals surface area contributed by atoms with Crippen LogP contribution in [0.5, 0.6) is 0 Å². The van der Waals surface area contributed by atoms with Crippen molar-refractivity contribution in [2.45, 2.75) is 111 Å². The van der Waals surface area contributed by atoms with E-state index in [2.05, 4.69) is 37.9 Å². The third kappa shape index (κ3) is 9.96. The predicted octanol–water partition coefficient (Wildman–Crippen LogP) is 6.17. The van der Waals surface area contributed by atoms with E-state index >= 15 is 0 Å². The average Bonchev–Trinajstić information content (AvgIpc) is 2.67. The van der Waals surface area contributed by atoms with Gasteiger partial charge in [0, 0.05) is 12.0 Å². The Labute approximate surface area is 170 Å². The molecular weight excluding hydrogens is 332 g/mol. The Kier molecular flexibility index (Phi) is 13.1.